The number of hydrogen-bond donors (Lipinski definition) is 1. The van der Waals surface area contributed by atoms with Gasteiger partial charge in [-0.1, -0.05) is 18.7 Å². The first-order chi connectivity index (χ1) is 14.1. The van der Waals surface area contributed by atoms with E-state index in [0.717, 1.165) is 61.1 Å². The minimum absolute atomic E-state index is 0.0197. The van der Waals surface area contributed by atoms with Gasteiger partial charge in [0.2, 0.25) is 0 Å². The fourth-order valence-electron chi connectivity index (χ4n) is 4.81. The highest BCUT2D eigenvalue weighted by Gasteiger charge is 2.44. The van der Waals surface area contributed by atoms with Crippen LogP contribution in [0.4, 0.5) is 0 Å². The molecule has 1 saturated carbocycles. The first-order valence-electron chi connectivity index (χ1n) is 10.7. The first-order valence-corrected chi connectivity index (χ1v) is 10.7. The van der Waals surface area contributed by atoms with Gasteiger partial charge in [0.25, 0.3) is 0 Å². The Kier molecular flexibility index (Phi) is 5.74. The first kappa shape index (κ1) is 19.7. The molecule has 1 fully saturated rings. The third kappa shape index (κ3) is 3.96. The van der Waals surface area contributed by atoms with Crippen molar-refractivity contribution in [2.75, 3.05) is 6.61 Å². The summed E-state index contributed by atoms with van der Waals surface area (Å²) in [5, 5.41) is 3.27. The van der Waals surface area contributed by atoms with E-state index in [4.69, 9.17) is 9.47 Å². The van der Waals surface area contributed by atoms with Gasteiger partial charge in [0.1, 0.15) is 17.8 Å². The van der Waals surface area contributed by atoms with Crippen molar-refractivity contribution in [3.63, 3.8) is 0 Å². The second-order valence-electron chi connectivity index (χ2n) is 8.12. The van der Waals surface area contributed by atoms with Crippen LogP contribution in [0.15, 0.2) is 47.8 Å². The van der Waals surface area contributed by atoms with E-state index in [0.29, 0.717) is 18.7 Å². The van der Waals surface area contributed by atoms with Gasteiger partial charge in [-0.05, 0) is 63.1 Å². The number of hydrogen-bond acceptors (Lipinski definition) is 5. The van der Waals surface area contributed by atoms with E-state index in [1.165, 1.54) is 0 Å². The van der Waals surface area contributed by atoms with Crippen LogP contribution in [0.1, 0.15) is 63.4 Å². The molecule has 2 unspecified atom stereocenters. The molecule has 1 aromatic rings. The van der Waals surface area contributed by atoms with Crippen molar-refractivity contribution in [3.8, 4) is 5.75 Å². The van der Waals surface area contributed by atoms with E-state index >= 15 is 0 Å². The van der Waals surface area contributed by atoms with Crippen LogP contribution in [0.5, 0.6) is 5.75 Å². The topological polar surface area (TPSA) is 64.6 Å². The van der Waals surface area contributed by atoms with Gasteiger partial charge in [0, 0.05) is 29.3 Å². The summed E-state index contributed by atoms with van der Waals surface area (Å²) in [6.45, 7) is 6.68. The van der Waals surface area contributed by atoms with Crippen LogP contribution in [0.25, 0.3) is 0 Å². The summed E-state index contributed by atoms with van der Waals surface area (Å²) < 4.78 is 11.4. The van der Waals surface area contributed by atoms with Crippen molar-refractivity contribution >= 4 is 11.8 Å². The molecular weight excluding hydrogens is 366 g/mol. The van der Waals surface area contributed by atoms with Gasteiger partial charge in [-0.25, -0.2) is 0 Å². The van der Waals surface area contributed by atoms with Crippen LogP contribution >= 0.6 is 0 Å². The van der Waals surface area contributed by atoms with Crippen molar-refractivity contribution in [2.45, 2.75) is 63.9 Å². The lowest BCUT2D eigenvalue weighted by atomic mass is 9.71. The maximum atomic E-state index is 13.2. The van der Waals surface area contributed by atoms with Gasteiger partial charge >= 0.3 is 5.97 Å². The molecule has 5 heteroatoms. The van der Waals surface area contributed by atoms with Gasteiger partial charge in [-0.15, -0.1) is 0 Å². The van der Waals surface area contributed by atoms with E-state index in [2.05, 4.69) is 11.9 Å². The number of ether oxygens (including phenoxy) is 2. The zero-order valence-electron chi connectivity index (χ0n) is 17.0. The summed E-state index contributed by atoms with van der Waals surface area (Å²) in [6, 6.07) is 7.71. The maximum absolute atomic E-state index is 13.2. The molecule has 2 atom stereocenters. The van der Waals surface area contributed by atoms with Crippen LogP contribution in [-0.4, -0.2) is 24.5 Å². The fourth-order valence-corrected chi connectivity index (χ4v) is 4.81. The number of nitrogens with one attached hydrogen (secondary N) is 1. The lowest BCUT2D eigenvalue weighted by Crippen LogP contribution is -2.41. The molecule has 3 aliphatic rings. The van der Waals surface area contributed by atoms with Crippen molar-refractivity contribution < 1.29 is 19.1 Å². The number of ketones is 1. The zero-order valence-corrected chi connectivity index (χ0v) is 17.0. The average molecular weight is 395 g/mol. The molecule has 154 valence electrons. The van der Waals surface area contributed by atoms with Crippen LogP contribution < -0.4 is 10.1 Å². The molecular formula is C24H29NO4. The van der Waals surface area contributed by atoms with Gasteiger partial charge in [0.15, 0.2) is 5.78 Å². The monoisotopic (exact) mass is 395 g/mol. The molecule has 5 nitrogen and oxygen atoms in total. The van der Waals surface area contributed by atoms with E-state index in [9.17, 15) is 9.59 Å². The quantitative estimate of drug-likeness (QED) is 0.749. The Hall–Kier alpha value is -2.56. The second-order valence-corrected chi connectivity index (χ2v) is 8.12. The highest BCUT2D eigenvalue weighted by atomic mass is 16.5. The molecule has 1 heterocycles. The summed E-state index contributed by atoms with van der Waals surface area (Å²) in [7, 11) is 0. The molecule has 29 heavy (non-hydrogen) atoms. The predicted molar refractivity (Wildman–Crippen MR) is 110 cm³/mol. The molecule has 1 aliphatic heterocycles. The van der Waals surface area contributed by atoms with Crippen LogP contribution in [0.2, 0.25) is 0 Å². The van der Waals surface area contributed by atoms with Crippen LogP contribution in [0, 0.1) is 5.92 Å². The summed E-state index contributed by atoms with van der Waals surface area (Å²) in [5.74, 6) is -0.356. The molecule has 2 aliphatic carbocycles. The normalized spacial score (nSPS) is 24.9. The molecule has 0 saturated heterocycles. The minimum atomic E-state index is -0.602. The SMILES string of the molecule is C=C1NC2=C(C(=O)CCC2)C(c2ccc(OCC)cc2)C1C(=O)OC1CCCC1. The third-order valence-corrected chi connectivity index (χ3v) is 6.18. The number of allylic oxidation sites excluding steroid dienone is 2. The number of benzene rings is 1. The summed E-state index contributed by atoms with van der Waals surface area (Å²) in [5.41, 5.74) is 3.18. The number of rotatable bonds is 5. The largest absolute Gasteiger partial charge is 0.494 e. The number of Topliss-reactive ketones (excluding diaryl/α,β-unsaturated/α-hetero) is 1. The van der Waals surface area contributed by atoms with Crippen molar-refractivity contribution in [1.29, 1.82) is 0 Å². The highest BCUT2D eigenvalue weighted by Crippen LogP contribution is 2.45. The predicted octanol–water partition coefficient (Wildman–Crippen LogP) is 4.39. The Morgan fingerprint density at radius 3 is 2.55 bits per heavy atom. The summed E-state index contributed by atoms with van der Waals surface area (Å²) >= 11 is 0. The Balaban J connectivity index is 1.71. The molecule has 0 aromatic heterocycles. The molecule has 1 aromatic carbocycles. The standard InChI is InChI=1S/C24H29NO4/c1-3-28-17-13-11-16(12-14-17)22-21(24(27)29-18-7-4-5-8-18)15(2)25-19-9-6-10-20(26)23(19)22/h11-14,18,21-22,25H,2-10H2,1H3. The van der Waals surface area contributed by atoms with E-state index in [1.54, 1.807) is 0 Å². The third-order valence-electron chi connectivity index (χ3n) is 6.18. The van der Waals surface area contributed by atoms with E-state index in [-0.39, 0.29) is 23.8 Å². The van der Waals surface area contributed by atoms with Crippen molar-refractivity contribution in [1.82, 2.24) is 5.32 Å². The summed E-state index contributed by atoms with van der Waals surface area (Å²) in [4.78, 5) is 26.1. The lowest BCUT2D eigenvalue weighted by Gasteiger charge is -2.38. The van der Waals surface area contributed by atoms with Gasteiger partial charge in [0.05, 0.1) is 6.61 Å². The Labute approximate surface area is 172 Å². The average Bonchev–Trinajstić information content (AvgIpc) is 3.21. The van der Waals surface area contributed by atoms with Crippen LogP contribution in [-0.2, 0) is 14.3 Å². The van der Waals surface area contributed by atoms with Crippen LogP contribution in [0.3, 0.4) is 0 Å². The zero-order chi connectivity index (χ0) is 20.4. The lowest BCUT2D eigenvalue weighted by molar-refractivity contribution is -0.153. The highest BCUT2D eigenvalue weighted by molar-refractivity contribution is 6.00. The molecule has 0 radical (unpaired) electrons. The van der Waals surface area contributed by atoms with E-state index < -0.39 is 5.92 Å². The second kappa shape index (κ2) is 8.44. The van der Waals surface area contributed by atoms with Crippen molar-refractivity contribution in [2.24, 2.45) is 5.92 Å². The molecule has 0 bridgehead atoms. The number of esters is 1. The van der Waals surface area contributed by atoms with Gasteiger partial charge < -0.3 is 14.8 Å². The van der Waals surface area contributed by atoms with E-state index in [1.807, 2.05) is 31.2 Å². The number of carbonyl (C=O) groups excluding carboxylic acids is 2. The smallest absolute Gasteiger partial charge is 0.316 e. The number of carbonyl (C=O) groups is 2. The van der Waals surface area contributed by atoms with Gasteiger partial charge in [-0.2, -0.15) is 0 Å². The molecule has 4 rings (SSSR count). The Morgan fingerprint density at radius 1 is 1.14 bits per heavy atom. The summed E-state index contributed by atoms with van der Waals surface area (Å²) in [6.07, 6.45) is 6.15. The fraction of sp³-hybridized carbons (Fsp3) is 0.500. The Bertz CT molecular complexity index is 833. The van der Waals surface area contributed by atoms with Crippen molar-refractivity contribution in [3.05, 3.63) is 53.4 Å². The Morgan fingerprint density at radius 2 is 1.86 bits per heavy atom. The molecule has 1 N–H and O–H groups in total. The molecule has 0 amide bonds. The molecule has 0 spiro atoms. The van der Waals surface area contributed by atoms with Gasteiger partial charge in [-0.3, -0.25) is 9.59 Å². The maximum Gasteiger partial charge on any atom is 0.316 e. The minimum Gasteiger partial charge on any atom is -0.494 e.